The second-order valence-corrected chi connectivity index (χ2v) is 2.86. The molecule has 0 amide bonds. The predicted octanol–water partition coefficient (Wildman–Crippen LogP) is 2.33. The molecule has 0 spiro atoms. The zero-order chi connectivity index (χ0) is 6.20. The van der Waals surface area contributed by atoms with E-state index < -0.39 is 0 Å². The number of hydrogen-bond acceptors (Lipinski definition) is 0. The molecule has 0 aliphatic heterocycles. The molecule has 0 aromatic rings. The molecule has 0 saturated heterocycles. The van der Waals surface area contributed by atoms with Crippen LogP contribution in [-0.2, 0) is 32.7 Å². The molecule has 9 heavy (non-hydrogen) atoms. The SMILES string of the molecule is CC1=[C-]C(C)(C)C=C1.[Y+3]. The molecular formula is C8H11Y+2. The van der Waals surface area contributed by atoms with Gasteiger partial charge in [-0.1, -0.05) is 26.2 Å². The third-order valence-electron chi connectivity index (χ3n) is 1.27. The van der Waals surface area contributed by atoms with Crippen LogP contribution in [0, 0.1) is 11.5 Å². The molecule has 44 valence electrons. The summed E-state index contributed by atoms with van der Waals surface area (Å²) in [7, 11) is 0. The Kier molecular flexibility index (Phi) is 3.32. The van der Waals surface area contributed by atoms with Crippen molar-refractivity contribution >= 4 is 0 Å². The third kappa shape index (κ3) is 2.77. The molecule has 1 aliphatic carbocycles. The van der Waals surface area contributed by atoms with Crippen LogP contribution in [0.5, 0.6) is 0 Å². The van der Waals surface area contributed by atoms with Gasteiger partial charge in [0.2, 0.25) is 0 Å². The van der Waals surface area contributed by atoms with E-state index >= 15 is 0 Å². The smallest absolute Gasteiger partial charge is 0.264 e. The molecular weight excluding hydrogens is 185 g/mol. The van der Waals surface area contributed by atoms with Gasteiger partial charge in [-0.25, -0.2) is 11.6 Å². The van der Waals surface area contributed by atoms with E-state index in [0.717, 1.165) is 0 Å². The first-order valence-corrected chi connectivity index (χ1v) is 2.91. The predicted molar refractivity (Wildman–Crippen MR) is 35.4 cm³/mol. The standard InChI is InChI=1S/C8H11.Y/c1-7-4-5-8(2,3)6-7;/h4-5H,1-3H3;/q-1;+3. The van der Waals surface area contributed by atoms with Crippen molar-refractivity contribution in [2.45, 2.75) is 20.8 Å². The van der Waals surface area contributed by atoms with Gasteiger partial charge in [0.05, 0.1) is 0 Å². The molecule has 0 atom stereocenters. The van der Waals surface area contributed by atoms with Crippen LogP contribution in [0.3, 0.4) is 0 Å². The van der Waals surface area contributed by atoms with E-state index in [0.29, 0.717) is 0 Å². The molecule has 0 saturated carbocycles. The maximum Gasteiger partial charge on any atom is 3.00 e. The normalized spacial score (nSPS) is 21.0. The van der Waals surface area contributed by atoms with Crippen LogP contribution in [0.2, 0.25) is 0 Å². The van der Waals surface area contributed by atoms with Gasteiger partial charge in [0.25, 0.3) is 0 Å². The molecule has 0 nitrogen and oxygen atoms in total. The van der Waals surface area contributed by atoms with E-state index in [2.05, 4.69) is 39.0 Å². The molecule has 0 N–H and O–H groups in total. The van der Waals surface area contributed by atoms with Crippen molar-refractivity contribution in [3.63, 3.8) is 0 Å². The van der Waals surface area contributed by atoms with Crippen LogP contribution in [0.4, 0.5) is 0 Å². The van der Waals surface area contributed by atoms with Crippen molar-refractivity contribution < 1.29 is 32.7 Å². The van der Waals surface area contributed by atoms with Gasteiger partial charge in [-0.3, -0.25) is 6.08 Å². The second-order valence-electron chi connectivity index (χ2n) is 2.86. The van der Waals surface area contributed by atoms with Crippen molar-refractivity contribution in [1.82, 2.24) is 0 Å². The molecule has 0 unspecified atom stereocenters. The summed E-state index contributed by atoms with van der Waals surface area (Å²) in [6.07, 6.45) is 7.58. The number of hydrogen-bond donors (Lipinski definition) is 0. The largest absolute Gasteiger partial charge is 3.00 e. The van der Waals surface area contributed by atoms with Crippen LogP contribution in [-0.4, -0.2) is 0 Å². The van der Waals surface area contributed by atoms with Crippen molar-refractivity contribution in [2.24, 2.45) is 5.41 Å². The van der Waals surface area contributed by atoms with Crippen molar-refractivity contribution in [2.75, 3.05) is 0 Å². The molecule has 0 heterocycles. The molecule has 0 aromatic carbocycles. The minimum atomic E-state index is 0. The Balaban J connectivity index is 0.000000640. The Hall–Kier alpha value is 0.584. The van der Waals surface area contributed by atoms with E-state index in [1.54, 1.807) is 0 Å². The third-order valence-corrected chi connectivity index (χ3v) is 1.27. The molecule has 0 radical (unpaired) electrons. The van der Waals surface area contributed by atoms with Crippen LogP contribution < -0.4 is 0 Å². The average Bonchev–Trinajstić information content (AvgIpc) is 1.82. The fourth-order valence-electron chi connectivity index (χ4n) is 0.925. The quantitative estimate of drug-likeness (QED) is 0.521. The Labute approximate surface area is 82.3 Å². The molecule has 0 aromatic heterocycles. The fraction of sp³-hybridized carbons (Fsp3) is 0.500. The summed E-state index contributed by atoms with van der Waals surface area (Å²) in [6.45, 7) is 6.38. The summed E-state index contributed by atoms with van der Waals surface area (Å²) in [4.78, 5) is 0. The molecule has 0 fully saturated rings. The summed E-state index contributed by atoms with van der Waals surface area (Å²) < 4.78 is 0. The van der Waals surface area contributed by atoms with E-state index in [9.17, 15) is 0 Å². The summed E-state index contributed by atoms with van der Waals surface area (Å²) in [6, 6.07) is 0. The van der Waals surface area contributed by atoms with Crippen molar-refractivity contribution in [3.05, 3.63) is 23.8 Å². The maximum absolute atomic E-state index is 3.30. The molecule has 1 rings (SSSR count). The first kappa shape index (κ1) is 9.58. The van der Waals surface area contributed by atoms with Gasteiger partial charge in [-0.05, 0) is 0 Å². The average molecular weight is 196 g/mol. The summed E-state index contributed by atoms with van der Waals surface area (Å²) in [5.74, 6) is 0. The monoisotopic (exact) mass is 196 g/mol. The Morgan fingerprint density at radius 2 is 2.00 bits per heavy atom. The zero-order valence-electron chi connectivity index (χ0n) is 6.23. The van der Waals surface area contributed by atoms with Gasteiger partial charge < -0.3 is 0 Å². The van der Waals surface area contributed by atoms with Crippen LogP contribution >= 0.6 is 0 Å². The first-order chi connectivity index (χ1) is 3.60. The van der Waals surface area contributed by atoms with E-state index in [1.165, 1.54) is 5.57 Å². The summed E-state index contributed by atoms with van der Waals surface area (Å²) in [5, 5.41) is 0. The van der Waals surface area contributed by atoms with Gasteiger partial charge in [0.15, 0.2) is 0 Å². The topological polar surface area (TPSA) is 0 Å². The van der Waals surface area contributed by atoms with Crippen LogP contribution in [0.1, 0.15) is 20.8 Å². The second kappa shape index (κ2) is 3.12. The van der Waals surface area contributed by atoms with Gasteiger partial charge in [-0.2, -0.15) is 6.08 Å². The van der Waals surface area contributed by atoms with Crippen molar-refractivity contribution in [3.8, 4) is 0 Å². The van der Waals surface area contributed by atoms with Gasteiger partial charge >= 0.3 is 32.7 Å². The zero-order valence-corrected chi connectivity index (χ0v) is 9.07. The van der Waals surface area contributed by atoms with Gasteiger partial charge in [0.1, 0.15) is 0 Å². The van der Waals surface area contributed by atoms with Gasteiger partial charge in [0, 0.05) is 0 Å². The van der Waals surface area contributed by atoms with E-state index in [4.69, 9.17) is 0 Å². The minimum Gasteiger partial charge on any atom is -0.264 e. The van der Waals surface area contributed by atoms with Crippen LogP contribution in [0.25, 0.3) is 0 Å². The first-order valence-electron chi connectivity index (χ1n) is 2.91. The van der Waals surface area contributed by atoms with E-state index in [1.807, 2.05) is 0 Å². The molecule has 1 heteroatoms. The Morgan fingerprint density at radius 3 is 2.11 bits per heavy atom. The summed E-state index contributed by atoms with van der Waals surface area (Å²) in [5.41, 5.74) is 1.46. The number of allylic oxidation sites excluding steroid dienone is 4. The molecule has 1 aliphatic rings. The fourth-order valence-corrected chi connectivity index (χ4v) is 0.925. The van der Waals surface area contributed by atoms with Crippen LogP contribution in [0.15, 0.2) is 17.7 Å². The molecule has 0 bridgehead atoms. The summed E-state index contributed by atoms with van der Waals surface area (Å²) >= 11 is 0. The van der Waals surface area contributed by atoms with Gasteiger partial charge in [-0.15, -0.1) is 0 Å². The Morgan fingerprint density at radius 1 is 1.44 bits per heavy atom. The van der Waals surface area contributed by atoms with E-state index in [-0.39, 0.29) is 38.1 Å². The Bertz CT molecular complexity index is 152. The minimum absolute atomic E-state index is 0. The van der Waals surface area contributed by atoms with Crippen molar-refractivity contribution in [1.29, 1.82) is 0 Å². The number of rotatable bonds is 0. The maximum atomic E-state index is 3.30.